The number of amides is 1. The number of rotatable bonds is 7. The van der Waals surface area contributed by atoms with Crippen molar-refractivity contribution in [3.8, 4) is 11.8 Å². The van der Waals surface area contributed by atoms with Gasteiger partial charge in [-0.1, -0.05) is 18.1 Å². The van der Waals surface area contributed by atoms with Crippen molar-refractivity contribution in [1.82, 2.24) is 4.98 Å². The van der Waals surface area contributed by atoms with Crippen molar-refractivity contribution < 1.29 is 9.72 Å². The maximum absolute atomic E-state index is 12.2. The molecular formula is C23H20N4O3. The zero-order chi connectivity index (χ0) is 21.2. The van der Waals surface area contributed by atoms with E-state index in [-0.39, 0.29) is 11.6 Å². The van der Waals surface area contributed by atoms with Crippen molar-refractivity contribution in [2.24, 2.45) is 0 Å². The lowest BCUT2D eigenvalue weighted by molar-refractivity contribution is -0.384. The van der Waals surface area contributed by atoms with Crippen molar-refractivity contribution in [3.63, 3.8) is 0 Å². The SMILES string of the molecule is O=C(CCCNc1ccc([N+](=O)[O-])cc1)Nc1cccc(C#Cc2ccccn2)c1. The molecule has 0 aliphatic carbocycles. The van der Waals surface area contributed by atoms with E-state index in [1.807, 2.05) is 42.5 Å². The first-order valence-electron chi connectivity index (χ1n) is 9.41. The van der Waals surface area contributed by atoms with Gasteiger partial charge < -0.3 is 10.6 Å². The number of nitrogens with one attached hydrogen (secondary N) is 2. The molecule has 0 saturated heterocycles. The van der Waals surface area contributed by atoms with Crippen molar-refractivity contribution >= 4 is 23.0 Å². The molecule has 0 aliphatic heterocycles. The summed E-state index contributed by atoms with van der Waals surface area (Å²) in [5, 5.41) is 16.7. The fourth-order valence-electron chi connectivity index (χ4n) is 2.65. The lowest BCUT2D eigenvalue weighted by atomic mass is 10.2. The second-order valence-electron chi connectivity index (χ2n) is 6.43. The minimum Gasteiger partial charge on any atom is -0.385 e. The van der Waals surface area contributed by atoms with Crippen molar-refractivity contribution in [1.29, 1.82) is 0 Å². The van der Waals surface area contributed by atoms with Crippen LogP contribution in [0.1, 0.15) is 24.1 Å². The maximum atomic E-state index is 12.2. The maximum Gasteiger partial charge on any atom is 0.269 e. The summed E-state index contributed by atoms with van der Waals surface area (Å²) in [6.45, 7) is 0.584. The zero-order valence-corrected chi connectivity index (χ0v) is 16.2. The van der Waals surface area contributed by atoms with Gasteiger partial charge >= 0.3 is 0 Å². The summed E-state index contributed by atoms with van der Waals surface area (Å²) in [4.78, 5) is 26.5. The Morgan fingerprint density at radius 3 is 2.57 bits per heavy atom. The number of aromatic nitrogens is 1. The second kappa shape index (κ2) is 10.4. The predicted octanol–water partition coefficient (Wildman–Crippen LogP) is 4.22. The van der Waals surface area contributed by atoms with Gasteiger partial charge in [0, 0.05) is 48.2 Å². The van der Waals surface area contributed by atoms with Gasteiger partial charge in [-0.15, -0.1) is 0 Å². The minimum atomic E-state index is -0.437. The molecule has 1 amide bonds. The van der Waals surface area contributed by atoms with E-state index in [0.29, 0.717) is 30.8 Å². The summed E-state index contributed by atoms with van der Waals surface area (Å²) < 4.78 is 0. The molecule has 7 heteroatoms. The number of pyridine rings is 1. The van der Waals surface area contributed by atoms with Gasteiger partial charge in [0.2, 0.25) is 5.91 Å². The lowest BCUT2D eigenvalue weighted by Gasteiger charge is -2.07. The molecule has 1 heterocycles. The Labute approximate surface area is 174 Å². The Kier molecular flexibility index (Phi) is 7.12. The summed E-state index contributed by atoms with van der Waals surface area (Å²) in [7, 11) is 0. The van der Waals surface area contributed by atoms with Crippen LogP contribution in [0.2, 0.25) is 0 Å². The number of hydrogen-bond donors (Lipinski definition) is 2. The summed E-state index contributed by atoms with van der Waals surface area (Å²) in [5.41, 5.74) is 2.99. The molecule has 0 unspecified atom stereocenters. The summed E-state index contributed by atoms with van der Waals surface area (Å²) >= 11 is 0. The molecule has 2 N–H and O–H groups in total. The highest BCUT2D eigenvalue weighted by Crippen LogP contribution is 2.15. The Balaban J connectivity index is 1.45. The predicted molar refractivity (Wildman–Crippen MR) is 116 cm³/mol. The average Bonchev–Trinajstić information content (AvgIpc) is 2.76. The van der Waals surface area contributed by atoms with Gasteiger partial charge in [-0.25, -0.2) is 4.98 Å². The third-order valence-electron chi connectivity index (χ3n) is 4.13. The van der Waals surface area contributed by atoms with Gasteiger partial charge in [-0.3, -0.25) is 14.9 Å². The molecule has 0 bridgehead atoms. The number of nitro benzene ring substituents is 1. The van der Waals surface area contributed by atoms with E-state index in [1.54, 1.807) is 18.3 Å². The molecule has 7 nitrogen and oxygen atoms in total. The molecule has 0 fully saturated rings. The highest BCUT2D eigenvalue weighted by Gasteiger charge is 2.05. The topological polar surface area (TPSA) is 97.2 Å². The Morgan fingerprint density at radius 2 is 1.83 bits per heavy atom. The van der Waals surface area contributed by atoms with E-state index >= 15 is 0 Å². The normalized spacial score (nSPS) is 9.87. The first-order chi connectivity index (χ1) is 14.6. The molecule has 30 heavy (non-hydrogen) atoms. The monoisotopic (exact) mass is 400 g/mol. The summed E-state index contributed by atoms with van der Waals surface area (Å²) in [6.07, 6.45) is 2.67. The molecule has 0 saturated carbocycles. The van der Waals surface area contributed by atoms with Crippen LogP contribution < -0.4 is 10.6 Å². The molecule has 150 valence electrons. The van der Waals surface area contributed by atoms with Gasteiger partial charge in [-0.2, -0.15) is 0 Å². The number of anilines is 2. The standard InChI is InChI=1S/C23H20N4O3/c28-23(8-4-16-25-20-11-13-22(14-12-20)27(29)30)26-21-7-3-5-18(17-21)9-10-19-6-1-2-15-24-19/h1-3,5-7,11-15,17,25H,4,8,16H2,(H,26,28). The Hall–Kier alpha value is -4.18. The van der Waals surface area contributed by atoms with E-state index in [0.717, 1.165) is 11.3 Å². The second-order valence-corrected chi connectivity index (χ2v) is 6.43. The average molecular weight is 400 g/mol. The van der Waals surface area contributed by atoms with E-state index in [1.165, 1.54) is 12.1 Å². The Bertz CT molecular complexity index is 1070. The highest BCUT2D eigenvalue weighted by molar-refractivity contribution is 5.90. The van der Waals surface area contributed by atoms with E-state index in [9.17, 15) is 14.9 Å². The van der Waals surface area contributed by atoms with Crippen LogP contribution in [0, 0.1) is 22.0 Å². The first-order valence-corrected chi connectivity index (χ1v) is 9.41. The van der Waals surface area contributed by atoms with Crippen molar-refractivity contribution in [2.45, 2.75) is 12.8 Å². The number of nitrogens with zero attached hydrogens (tertiary/aromatic N) is 2. The van der Waals surface area contributed by atoms with Crippen LogP contribution >= 0.6 is 0 Å². The number of carbonyl (C=O) groups excluding carboxylic acids is 1. The molecule has 3 aromatic rings. The molecular weight excluding hydrogens is 380 g/mol. The zero-order valence-electron chi connectivity index (χ0n) is 16.2. The fourth-order valence-corrected chi connectivity index (χ4v) is 2.65. The number of carbonyl (C=O) groups is 1. The Morgan fingerprint density at radius 1 is 1.00 bits per heavy atom. The van der Waals surface area contributed by atoms with Crippen LogP contribution in [0.3, 0.4) is 0 Å². The number of benzene rings is 2. The number of hydrogen-bond acceptors (Lipinski definition) is 5. The van der Waals surface area contributed by atoms with Crippen LogP contribution in [0.4, 0.5) is 17.1 Å². The molecule has 2 aromatic carbocycles. The van der Waals surface area contributed by atoms with Crippen LogP contribution in [-0.2, 0) is 4.79 Å². The van der Waals surface area contributed by atoms with Gasteiger partial charge in [0.25, 0.3) is 5.69 Å². The van der Waals surface area contributed by atoms with Crippen molar-refractivity contribution in [2.75, 3.05) is 17.2 Å². The molecule has 1 aromatic heterocycles. The molecule has 0 spiro atoms. The van der Waals surface area contributed by atoms with Crippen molar-refractivity contribution in [3.05, 3.63) is 94.3 Å². The van der Waals surface area contributed by atoms with Gasteiger partial charge in [0.15, 0.2) is 0 Å². The summed E-state index contributed by atoms with van der Waals surface area (Å²) in [5.74, 6) is 5.94. The highest BCUT2D eigenvalue weighted by atomic mass is 16.6. The van der Waals surface area contributed by atoms with E-state index < -0.39 is 4.92 Å². The number of nitro groups is 1. The lowest BCUT2D eigenvalue weighted by Crippen LogP contribution is -2.13. The first kappa shape index (κ1) is 20.6. The fraction of sp³-hybridized carbons (Fsp3) is 0.130. The van der Waals surface area contributed by atoms with Crippen LogP contribution in [0.25, 0.3) is 0 Å². The van der Waals surface area contributed by atoms with Crippen LogP contribution in [0.5, 0.6) is 0 Å². The third kappa shape index (κ3) is 6.46. The van der Waals surface area contributed by atoms with Crippen LogP contribution in [-0.4, -0.2) is 22.4 Å². The van der Waals surface area contributed by atoms with Gasteiger partial charge in [-0.05, 0) is 54.8 Å². The van der Waals surface area contributed by atoms with E-state index in [2.05, 4.69) is 27.5 Å². The summed E-state index contributed by atoms with van der Waals surface area (Å²) in [6, 6.07) is 19.1. The largest absolute Gasteiger partial charge is 0.385 e. The quantitative estimate of drug-likeness (QED) is 0.268. The van der Waals surface area contributed by atoms with E-state index in [4.69, 9.17) is 0 Å². The third-order valence-corrected chi connectivity index (χ3v) is 4.13. The van der Waals surface area contributed by atoms with Crippen LogP contribution in [0.15, 0.2) is 72.9 Å². The smallest absolute Gasteiger partial charge is 0.269 e. The number of non-ortho nitro benzene ring substituents is 1. The molecule has 0 atom stereocenters. The molecule has 0 aliphatic rings. The van der Waals surface area contributed by atoms with Gasteiger partial charge in [0.05, 0.1) is 4.92 Å². The molecule has 0 radical (unpaired) electrons. The minimum absolute atomic E-state index is 0.0480. The molecule has 3 rings (SSSR count). The van der Waals surface area contributed by atoms with Gasteiger partial charge in [0.1, 0.15) is 5.69 Å².